The van der Waals surface area contributed by atoms with Gasteiger partial charge in [-0.25, -0.2) is 9.37 Å². The van der Waals surface area contributed by atoms with Crippen LogP contribution in [0.1, 0.15) is 46.7 Å². The summed E-state index contributed by atoms with van der Waals surface area (Å²) in [5, 5.41) is 2.70. The first-order chi connectivity index (χ1) is 14.1. The molecule has 1 amide bonds. The maximum absolute atomic E-state index is 13.2. The first kappa shape index (κ1) is 19.8. The molecule has 0 radical (unpaired) electrons. The number of carbonyl (C=O) groups excluding carboxylic acids is 2. The second kappa shape index (κ2) is 7.05. The fraction of sp³-hybridized carbons (Fsp3) is 0.273. The number of ketones is 1. The van der Waals surface area contributed by atoms with Gasteiger partial charge in [0.1, 0.15) is 22.9 Å². The molecule has 0 saturated heterocycles. The molecule has 0 atom stereocenters. The number of nitrogens with zero attached hydrogens (tertiary/aromatic N) is 2. The minimum atomic E-state index is -0.649. The Morgan fingerprint density at radius 3 is 2.60 bits per heavy atom. The van der Waals surface area contributed by atoms with Crippen molar-refractivity contribution < 1.29 is 14.0 Å². The quantitative estimate of drug-likeness (QED) is 0.695. The Balaban J connectivity index is 1.69. The molecule has 2 N–H and O–H groups in total. The van der Waals surface area contributed by atoms with Crippen molar-refractivity contribution in [2.75, 3.05) is 5.32 Å². The number of aromatic amines is 1. The average Bonchev–Trinajstić information content (AvgIpc) is 3.01. The molecule has 4 rings (SSSR count). The van der Waals surface area contributed by atoms with Crippen LogP contribution in [0, 0.1) is 11.2 Å². The van der Waals surface area contributed by atoms with Gasteiger partial charge < -0.3 is 14.9 Å². The monoisotopic (exact) mass is 408 g/mol. The lowest BCUT2D eigenvalue weighted by Crippen LogP contribution is -2.33. The lowest BCUT2D eigenvalue weighted by Gasteiger charge is -2.29. The van der Waals surface area contributed by atoms with Crippen LogP contribution in [-0.4, -0.2) is 26.2 Å². The minimum absolute atomic E-state index is 0.0981. The zero-order valence-corrected chi connectivity index (χ0v) is 16.9. The maximum Gasteiger partial charge on any atom is 0.262 e. The Labute approximate surface area is 172 Å². The van der Waals surface area contributed by atoms with Gasteiger partial charge in [0.05, 0.1) is 6.33 Å². The zero-order valence-electron chi connectivity index (χ0n) is 16.9. The molecule has 0 unspecified atom stereocenters. The van der Waals surface area contributed by atoms with Crippen molar-refractivity contribution in [2.24, 2.45) is 12.5 Å². The molecule has 1 aliphatic rings. The van der Waals surface area contributed by atoms with Gasteiger partial charge in [-0.05, 0) is 42.2 Å². The Morgan fingerprint density at radius 1 is 1.20 bits per heavy atom. The molecule has 1 aliphatic carbocycles. The normalized spacial score (nSPS) is 15.0. The summed E-state index contributed by atoms with van der Waals surface area (Å²) in [5.74, 6) is -0.771. The highest BCUT2D eigenvalue weighted by atomic mass is 19.1. The molecule has 2 heterocycles. The highest BCUT2D eigenvalue weighted by molar-refractivity contribution is 6.07. The number of nitrogens with one attached hydrogen (secondary N) is 2. The molecule has 0 spiro atoms. The summed E-state index contributed by atoms with van der Waals surface area (Å²) in [6, 6.07) is 7.09. The number of carbonyl (C=O) groups is 2. The van der Waals surface area contributed by atoms with E-state index in [1.54, 1.807) is 23.7 Å². The van der Waals surface area contributed by atoms with Crippen molar-refractivity contribution in [3.63, 3.8) is 0 Å². The van der Waals surface area contributed by atoms with Gasteiger partial charge in [-0.3, -0.25) is 14.4 Å². The molecule has 0 aliphatic heterocycles. The van der Waals surface area contributed by atoms with Crippen LogP contribution < -0.4 is 10.9 Å². The van der Waals surface area contributed by atoms with Crippen molar-refractivity contribution in [3.05, 3.63) is 69.7 Å². The van der Waals surface area contributed by atoms with Gasteiger partial charge in [0, 0.05) is 30.3 Å². The lowest BCUT2D eigenvalue weighted by molar-refractivity contribution is 0.0910. The molecule has 2 aromatic heterocycles. The van der Waals surface area contributed by atoms with Crippen LogP contribution in [0.15, 0.2) is 41.5 Å². The van der Waals surface area contributed by atoms with Gasteiger partial charge in [-0.1, -0.05) is 13.8 Å². The highest BCUT2D eigenvalue weighted by Crippen LogP contribution is 2.33. The molecule has 3 aromatic rings. The molecule has 30 heavy (non-hydrogen) atoms. The predicted molar refractivity (Wildman–Crippen MR) is 110 cm³/mol. The van der Waals surface area contributed by atoms with Crippen LogP contribution in [0.3, 0.4) is 0 Å². The topological polar surface area (TPSA) is 96.8 Å². The third-order valence-corrected chi connectivity index (χ3v) is 5.25. The standard InChI is InChI=1S/C22H21FN4O3/c1-22(2)9-16-14(17(28)10-22)8-15(20(29)25-16)21(30)26-19-18(24-11-27(19)3)12-4-6-13(23)7-5-12/h4-8,11H,9-10H2,1-3H3,(H,25,29)(H,26,30). The van der Waals surface area contributed by atoms with E-state index in [1.807, 2.05) is 13.8 Å². The Kier molecular flexibility index (Phi) is 4.64. The fourth-order valence-corrected chi connectivity index (χ4v) is 3.77. The predicted octanol–water partition coefficient (Wildman–Crippen LogP) is 3.32. The minimum Gasteiger partial charge on any atom is -0.325 e. The molecule has 7 nitrogen and oxygen atoms in total. The maximum atomic E-state index is 13.2. The smallest absolute Gasteiger partial charge is 0.262 e. The van der Waals surface area contributed by atoms with E-state index in [2.05, 4.69) is 15.3 Å². The number of fused-ring (bicyclic) bond motifs is 1. The Bertz CT molecular complexity index is 1220. The molecular weight excluding hydrogens is 387 g/mol. The van der Waals surface area contributed by atoms with Gasteiger partial charge in [0.15, 0.2) is 5.78 Å². The fourth-order valence-electron chi connectivity index (χ4n) is 3.77. The summed E-state index contributed by atoms with van der Waals surface area (Å²) >= 11 is 0. The van der Waals surface area contributed by atoms with Crippen LogP contribution in [0.2, 0.25) is 0 Å². The van der Waals surface area contributed by atoms with Crippen LogP contribution in [0.5, 0.6) is 0 Å². The second-order valence-electron chi connectivity index (χ2n) is 8.36. The second-order valence-corrected chi connectivity index (χ2v) is 8.36. The molecule has 8 heteroatoms. The van der Waals surface area contributed by atoms with Gasteiger partial charge in [0.25, 0.3) is 11.5 Å². The summed E-state index contributed by atoms with van der Waals surface area (Å²) in [6.07, 6.45) is 2.42. The molecule has 1 aromatic carbocycles. The number of hydrogen-bond acceptors (Lipinski definition) is 4. The number of rotatable bonds is 3. The van der Waals surface area contributed by atoms with Gasteiger partial charge in [-0.15, -0.1) is 0 Å². The van der Waals surface area contributed by atoms with Gasteiger partial charge in [0.2, 0.25) is 0 Å². The van der Waals surface area contributed by atoms with E-state index in [0.717, 1.165) is 0 Å². The number of aryl methyl sites for hydroxylation is 1. The van der Waals surface area contributed by atoms with Crippen molar-refractivity contribution in [2.45, 2.75) is 26.7 Å². The number of imidazole rings is 1. The summed E-state index contributed by atoms with van der Waals surface area (Å²) in [5.41, 5.74) is 1.06. The number of anilines is 1. The number of benzene rings is 1. The zero-order chi connectivity index (χ0) is 21.6. The number of amides is 1. The average molecular weight is 408 g/mol. The van der Waals surface area contributed by atoms with E-state index in [4.69, 9.17) is 0 Å². The summed E-state index contributed by atoms with van der Waals surface area (Å²) in [4.78, 5) is 45.0. The van der Waals surface area contributed by atoms with Crippen LogP contribution >= 0.6 is 0 Å². The first-order valence-electron chi connectivity index (χ1n) is 9.53. The van der Waals surface area contributed by atoms with E-state index in [0.29, 0.717) is 41.2 Å². The highest BCUT2D eigenvalue weighted by Gasteiger charge is 2.32. The summed E-state index contributed by atoms with van der Waals surface area (Å²) in [7, 11) is 1.69. The van der Waals surface area contributed by atoms with Crippen molar-refractivity contribution in [1.29, 1.82) is 0 Å². The number of halogens is 1. The van der Waals surface area contributed by atoms with E-state index in [-0.39, 0.29) is 22.6 Å². The molecule has 154 valence electrons. The SMILES string of the molecule is Cn1cnc(-c2ccc(F)cc2)c1NC(=O)c1cc2c([nH]c1=O)CC(C)(C)CC2=O. The van der Waals surface area contributed by atoms with Gasteiger partial charge in [-0.2, -0.15) is 0 Å². The van der Waals surface area contributed by atoms with E-state index >= 15 is 0 Å². The van der Waals surface area contributed by atoms with Crippen molar-refractivity contribution in [1.82, 2.24) is 14.5 Å². The summed E-state index contributed by atoms with van der Waals surface area (Å²) in [6.45, 7) is 3.93. The number of hydrogen-bond donors (Lipinski definition) is 2. The van der Waals surface area contributed by atoms with Crippen molar-refractivity contribution in [3.8, 4) is 11.3 Å². The van der Waals surface area contributed by atoms with Crippen LogP contribution in [-0.2, 0) is 13.5 Å². The van der Waals surface area contributed by atoms with E-state index in [1.165, 1.54) is 24.5 Å². The van der Waals surface area contributed by atoms with E-state index < -0.39 is 11.5 Å². The Hall–Kier alpha value is -3.55. The van der Waals surface area contributed by atoms with Crippen molar-refractivity contribution >= 4 is 17.5 Å². The Morgan fingerprint density at radius 2 is 1.90 bits per heavy atom. The summed E-state index contributed by atoms with van der Waals surface area (Å²) < 4.78 is 14.8. The first-order valence-corrected chi connectivity index (χ1v) is 9.53. The molecule has 0 saturated carbocycles. The number of H-pyrrole nitrogens is 1. The molecule has 0 fully saturated rings. The number of pyridine rings is 1. The third-order valence-electron chi connectivity index (χ3n) is 5.25. The largest absolute Gasteiger partial charge is 0.325 e. The van der Waals surface area contributed by atoms with E-state index in [9.17, 15) is 18.8 Å². The van der Waals surface area contributed by atoms with Crippen LogP contribution in [0.4, 0.5) is 10.2 Å². The molecular formula is C22H21FN4O3. The number of aromatic nitrogens is 3. The van der Waals surface area contributed by atoms with Crippen LogP contribution in [0.25, 0.3) is 11.3 Å². The van der Waals surface area contributed by atoms with Gasteiger partial charge >= 0.3 is 0 Å². The number of Topliss-reactive ketones (excluding diaryl/α,β-unsaturated/α-hetero) is 1. The molecule has 0 bridgehead atoms. The third kappa shape index (κ3) is 3.56. The lowest BCUT2D eigenvalue weighted by atomic mass is 9.75.